The number of aromatic nitrogens is 1. The van der Waals surface area contributed by atoms with Gasteiger partial charge in [-0.15, -0.1) is 11.3 Å². The first-order chi connectivity index (χ1) is 14.5. The highest BCUT2D eigenvalue weighted by Gasteiger charge is 2.24. The molecule has 162 valence electrons. The van der Waals surface area contributed by atoms with Crippen LogP contribution in [0.2, 0.25) is 0 Å². The number of carbonyl (C=O) groups is 2. The maximum atomic E-state index is 13.2. The zero-order chi connectivity index (χ0) is 21.5. The van der Waals surface area contributed by atoms with Crippen LogP contribution in [0, 0.1) is 0 Å². The minimum Gasteiger partial charge on any atom is -0.352 e. The lowest BCUT2D eigenvalue weighted by atomic mass is 10.1. The Kier molecular flexibility index (Phi) is 7.85. The molecule has 2 amide bonds. The normalized spacial score (nSPS) is 15.5. The van der Waals surface area contributed by atoms with Crippen LogP contribution in [-0.4, -0.2) is 40.9 Å². The van der Waals surface area contributed by atoms with Crippen molar-refractivity contribution in [3.63, 3.8) is 0 Å². The van der Waals surface area contributed by atoms with Gasteiger partial charge in [0.05, 0.1) is 0 Å². The van der Waals surface area contributed by atoms with Gasteiger partial charge in [0.15, 0.2) is 0 Å². The number of amides is 2. The Morgan fingerprint density at radius 3 is 2.47 bits per heavy atom. The van der Waals surface area contributed by atoms with E-state index in [2.05, 4.69) is 5.32 Å². The molecule has 30 heavy (non-hydrogen) atoms. The Morgan fingerprint density at radius 2 is 1.83 bits per heavy atom. The van der Waals surface area contributed by atoms with E-state index in [1.807, 2.05) is 35.9 Å². The molecule has 1 saturated heterocycles. The average Bonchev–Trinajstić information content (AvgIpc) is 3.12. The number of pyridine rings is 1. The lowest BCUT2D eigenvalue weighted by Gasteiger charge is -2.22. The predicted molar refractivity (Wildman–Crippen MR) is 120 cm³/mol. The van der Waals surface area contributed by atoms with Crippen LogP contribution >= 0.6 is 11.3 Å². The summed E-state index contributed by atoms with van der Waals surface area (Å²) in [6.07, 6.45) is 8.89. The molecule has 2 aromatic heterocycles. The van der Waals surface area contributed by atoms with Crippen LogP contribution in [0.25, 0.3) is 0 Å². The van der Waals surface area contributed by atoms with Crippen LogP contribution in [0.3, 0.4) is 0 Å². The van der Waals surface area contributed by atoms with Crippen molar-refractivity contribution in [3.8, 4) is 0 Å². The van der Waals surface area contributed by atoms with Crippen LogP contribution in [0.4, 0.5) is 0 Å². The van der Waals surface area contributed by atoms with E-state index in [0.29, 0.717) is 19.6 Å². The van der Waals surface area contributed by atoms with E-state index in [1.54, 1.807) is 28.6 Å². The molecule has 3 heterocycles. The van der Waals surface area contributed by atoms with Crippen molar-refractivity contribution in [2.45, 2.75) is 58.4 Å². The summed E-state index contributed by atoms with van der Waals surface area (Å²) in [5.41, 5.74) is -0.331. The predicted octanol–water partition coefficient (Wildman–Crippen LogP) is 3.87. The van der Waals surface area contributed by atoms with Gasteiger partial charge in [-0.3, -0.25) is 14.4 Å². The molecule has 0 aliphatic carbocycles. The zero-order valence-corrected chi connectivity index (χ0v) is 18.7. The monoisotopic (exact) mass is 429 g/mol. The number of carbonyl (C=O) groups excluding carboxylic acids is 2. The van der Waals surface area contributed by atoms with Crippen molar-refractivity contribution in [2.24, 2.45) is 0 Å². The summed E-state index contributed by atoms with van der Waals surface area (Å²) in [5.74, 6) is -0.675. The molecule has 0 bridgehead atoms. The lowest BCUT2D eigenvalue weighted by molar-refractivity contribution is 0.0759. The number of nitrogens with one attached hydrogen (secondary N) is 1. The number of likely N-dealkylation sites (tertiary alicyclic amines) is 1. The smallest absolute Gasteiger partial charge is 0.259 e. The van der Waals surface area contributed by atoms with Crippen LogP contribution < -0.4 is 10.7 Å². The van der Waals surface area contributed by atoms with Crippen molar-refractivity contribution >= 4 is 23.2 Å². The van der Waals surface area contributed by atoms with Crippen LogP contribution in [-0.2, 0) is 6.42 Å². The molecule has 0 spiro atoms. The van der Waals surface area contributed by atoms with Crippen LogP contribution in [0.15, 0.2) is 34.7 Å². The number of hydrogen-bond donors (Lipinski definition) is 1. The molecule has 1 atom stereocenters. The van der Waals surface area contributed by atoms with Gasteiger partial charge in [-0.05, 0) is 44.1 Å². The molecule has 2 aromatic rings. The summed E-state index contributed by atoms with van der Waals surface area (Å²) in [6, 6.07) is 4.08. The van der Waals surface area contributed by atoms with Crippen molar-refractivity contribution in [2.75, 3.05) is 19.6 Å². The first kappa shape index (κ1) is 22.3. The molecule has 3 rings (SSSR count). The summed E-state index contributed by atoms with van der Waals surface area (Å²) in [7, 11) is 0. The molecule has 7 heteroatoms. The second-order valence-electron chi connectivity index (χ2n) is 7.91. The standard InChI is InChI=1S/C23H31N3O3S/c1-3-17(2)26-15-19(22(28)24-11-10-18-9-8-14-30-18)21(27)20(16-26)23(29)25-12-6-4-5-7-13-25/h8-9,14-17H,3-7,10-13H2,1-2H3,(H,24,28)/t17-/m1/s1. The van der Waals surface area contributed by atoms with Crippen molar-refractivity contribution < 1.29 is 9.59 Å². The fourth-order valence-electron chi connectivity index (χ4n) is 3.67. The fourth-order valence-corrected chi connectivity index (χ4v) is 4.38. The summed E-state index contributed by atoms with van der Waals surface area (Å²) >= 11 is 1.64. The number of hydrogen-bond acceptors (Lipinski definition) is 4. The van der Waals surface area contributed by atoms with Gasteiger partial charge in [0, 0.05) is 42.9 Å². The minimum absolute atomic E-state index is 0.0437. The molecule has 6 nitrogen and oxygen atoms in total. The second kappa shape index (κ2) is 10.6. The van der Waals surface area contributed by atoms with E-state index in [-0.39, 0.29) is 23.1 Å². The largest absolute Gasteiger partial charge is 0.352 e. The maximum Gasteiger partial charge on any atom is 0.259 e. The van der Waals surface area contributed by atoms with E-state index >= 15 is 0 Å². The third kappa shape index (κ3) is 5.39. The first-order valence-corrected chi connectivity index (χ1v) is 11.7. The number of nitrogens with zero attached hydrogens (tertiary/aromatic N) is 2. The number of rotatable bonds is 7. The van der Waals surface area contributed by atoms with Gasteiger partial charge in [-0.25, -0.2) is 0 Å². The Hall–Kier alpha value is -2.41. The molecular weight excluding hydrogens is 398 g/mol. The Balaban J connectivity index is 1.85. The molecule has 1 aliphatic heterocycles. The van der Waals surface area contributed by atoms with Gasteiger partial charge >= 0.3 is 0 Å². The van der Waals surface area contributed by atoms with Crippen LogP contribution in [0.5, 0.6) is 0 Å². The Morgan fingerprint density at radius 1 is 1.13 bits per heavy atom. The maximum absolute atomic E-state index is 13.2. The van der Waals surface area contributed by atoms with E-state index in [9.17, 15) is 14.4 Å². The summed E-state index contributed by atoms with van der Waals surface area (Å²) in [5, 5.41) is 4.85. The van der Waals surface area contributed by atoms with Gasteiger partial charge in [0.25, 0.3) is 11.8 Å². The third-order valence-corrected chi connectivity index (χ3v) is 6.69. The quantitative estimate of drug-likeness (QED) is 0.726. The molecule has 1 fully saturated rings. The highest BCUT2D eigenvalue weighted by molar-refractivity contribution is 7.09. The van der Waals surface area contributed by atoms with E-state index < -0.39 is 11.3 Å². The summed E-state index contributed by atoms with van der Waals surface area (Å²) in [6.45, 7) is 5.84. The van der Waals surface area contributed by atoms with Gasteiger partial charge in [-0.1, -0.05) is 25.8 Å². The van der Waals surface area contributed by atoms with E-state index in [1.165, 1.54) is 4.88 Å². The minimum atomic E-state index is -0.475. The molecular formula is C23H31N3O3S. The SMILES string of the molecule is CC[C@@H](C)n1cc(C(=O)NCCc2cccs2)c(=O)c(C(=O)N2CCCCCC2)c1. The van der Waals surface area contributed by atoms with Crippen LogP contribution in [0.1, 0.15) is 77.6 Å². The van der Waals surface area contributed by atoms with Crippen molar-refractivity contribution in [1.29, 1.82) is 0 Å². The highest BCUT2D eigenvalue weighted by Crippen LogP contribution is 2.15. The first-order valence-electron chi connectivity index (χ1n) is 10.9. The molecule has 0 unspecified atom stereocenters. The van der Waals surface area contributed by atoms with Gasteiger partial charge in [0.1, 0.15) is 11.1 Å². The van der Waals surface area contributed by atoms with E-state index in [4.69, 9.17) is 0 Å². The lowest BCUT2D eigenvalue weighted by Crippen LogP contribution is -2.38. The highest BCUT2D eigenvalue weighted by atomic mass is 32.1. The molecule has 0 saturated carbocycles. The summed E-state index contributed by atoms with van der Waals surface area (Å²) in [4.78, 5) is 42.0. The van der Waals surface area contributed by atoms with Gasteiger partial charge in [0.2, 0.25) is 5.43 Å². The molecule has 1 N–H and O–H groups in total. The summed E-state index contributed by atoms with van der Waals surface area (Å²) < 4.78 is 1.83. The number of thiophene rings is 1. The van der Waals surface area contributed by atoms with Crippen molar-refractivity contribution in [1.82, 2.24) is 14.8 Å². The Bertz CT molecular complexity index is 912. The van der Waals surface area contributed by atoms with Gasteiger partial charge < -0.3 is 14.8 Å². The Labute approximate surface area is 181 Å². The third-order valence-electron chi connectivity index (χ3n) is 5.75. The molecule has 0 aromatic carbocycles. The molecule has 1 aliphatic rings. The average molecular weight is 430 g/mol. The fraction of sp³-hybridized carbons (Fsp3) is 0.522. The topological polar surface area (TPSA) is 71.4 Å². The van der Waals surface area contributed by atoms with Gasteiger partial charge in [-0.2, -0.15) is 0 Å². The van der Waals surface area contributed by atoms with E-state index in [0.717, 1.165) is 38.5 Å². The zero-order valence-electron chi connectivity index (χ0n) is 17.9. The second-order valence-corrected chi connectivity index (χ2v) is 8.94. The van der Waals surface area contributed by atoms with Crippen molar-refractivity contribution in [3.05, 3.63) is 56.1 Å². The molecule has 0 radical (unpaired) electrons.